The molecule has 1 saturated heterocycles. The number of guanidine groups is 1. The van der Waals surface area contributed by atoms with Crippen LogP contribution < -0.4 is 5.32 Å². The van der Waals surface area contributed by atoms with Gasteiger partial charge in [0.25, 0.3) is 0 Å². The lowest BCUT2D eigenvalue weighted by atomic mass is 9.96. The van der Waals surface area contributed by atoms with Crippen LogP contribution in [0.4, 0.5) is 0 Å². The molecule has 1 aliphatic heterocycles. The third-order valence-corrected chi connectivity index (χ3v) is 4.38. The molecule has 0 atom stereocenters. The fourth-order valence-electron chi connectivity index (χ4n) is 2.75. The quantitative estimate of drug-likeness (QED) is 0.410. The molecule has 0 aromatic carbocycles. The number of rotatable bonds is 6. The van der Waals surface area contributed by atoms with Gasteiger partial charge in [-0.3, -0.25) is 4.99 Å². The van der Waals surface area contributed by atoms with Crippen LogP contribution in [0.25, 0.3) is 0 Å². The average molecular weight is 450 g/mol. The number of hydrogen-bond donors (Lipinski definition) is 1. The lowest BCUT2D eigenvalue weighted by Crippen LogP contribution is -2.39. The van der Waals surface area contributed by atoms with Gasteiger partial charge in [-0.1, -0.05) is 19.0 Å². The maximum atomic E-state index is 5.42. The number of aromatic nitrogens is 1. The number of halogens is 1. The molecule has 1 aliphatic rings. The van der Waals surface area contributed by atoms with Gasteiger partial charge in [-0.25, -0.2) is 0 Å². The van der Waals surface area contributed by atoms with Gasteiger partial charge < -0.3 is 19.5 Å². The van der Waals surface area contributed by atoms with Crippen molar-refractivity contribution in [1.82, 2.24) is 15.4 Å². The van der Waals surface area contributed by atoms with Crippen LogP contribution in [0.5, 0.6) is 0 Å². The van der Waals surface area contributed by atoms with Gasteiger partial charge in [0.1, 0.15) is 0 Å². The zero-order chi connectivity index (χ0) is 16.7. The van der Waals surface area contributed by atoms with Crippen molar-refractivity contribution in [3.8, 4) is 0 Å². The second kappa shape index (κ2) is 10.9. The van der Waals surface area contributed by atoms with E-state index in [9.17, 15) is 0 Å². The zero-order valence-electron chi connectivity index (χ0n) is 15.2. The number of nitrogens with zero attached hydrogens (tertiary/aromatic N) is 3. The molecule has 24 heavy (non-hydrogen) atoms. The van der Waals surface area contributed by atoms with E-state index in [0.717, 1.165) is 43.1 Å². The predicted octanol–water partition coefficient (Wildman–Crippen LogP) is 3.24. The van der Waals surface area contributed by atoms with Crippen LogP contribution in [-0.4, -0.2) is 49.9 Å². The minimum atomic E-state index is 0. The van der Waals surface area contributed by atoms with E-state index in [2.05, 4.69) is 41.3 Å². The second-order valence-corrected chi connectivity index (χ2v) is 6.54. The summed E-state index contributed by atoms with van der Waals surface area (Å²) in [5, 5.41) is 7.42. The Morgan fingerprint density at radius 3 is 2.71 bits per heavy atom. The van der Waals surface area contributed by atoms with Crippen LogP contribution in [0.1, 0.15) is 50.5 Å². The van der Waals surface area contributed by atoms with E-state index < -0.39 is 0 Å². The summed E-state index contributed by atoms with van der Waals surface area (Å²) in [5.74, 6) is 2.88. The summed E-state index contributed by atoms with van der Waals surface area (Å²) in [6.07, 6.45) is 3.53. The van der Waals surface area contributed by atoms with Crippen LogP contribution >= 0.6 is 24.0 Å². The summed E-state index contributed by atoms with van der Waals surface area (Å²) < 4.78 is 10.8. The van der Waals surface area contributed by atoms with Crippen LogP contribution in [0.2, 0.25) is 0 Å². The molecule has 2 rings (SSSR count). The maximum absolute atomic E-state index is 5.42. The topological polar surface area (TPSA) is 62.9 Å². The predicted molar refractivity (Wildman–Crippen MR) is 107 cm³/mol. The van der Waals surface area contributed by atoms with Gasteiger partial charge in [-0.05, 0) is 31.1 Å². The number of hydrogen-bond acceptors (Lipinski definition) is 4. The SMILES string of the molecule is CN=C(NCc1cc(C(C)C)no1)N(C)CCC1CCOCC1.I. The Labute approximate surface area is 162 Å². The van der Waals surface area contributed by atoms with Gasteiger partial charge in [0.2, 0.25) is 0 Å². The number of ether oxygens (including phenoxy) is 1. The van der Waals surface area contributed by atoms with E-state index in [1.54, 1.807) is 0 Å². The Morgan fingerprint density at radius 1 is 1.42 bits per heavy atom. The molecule has 0 saturated carbocycles. The van der Waals surface area contributed by atoms with Crippen molar-refractivity contribution in [2.24, 2.45) is 10.9 Å². The van der Waals surface area contributed by atoms with E-state index in [4.69, 9.17) is 9.26 Å². The van der Waals surface area contributed by atoms with Gasteiger partial charge in [0, 0.05) is 39.9 Å². The van der Waals surface area contributed by atoms with E-state index in [1.165, 1.54) is 19.3 Å². The molecule has 7 heteroatoms. The van der Waals surface area contributed by atoms with Gasteiger partial charge in [-0.2, -0.15) is 0 Å². The van der Waals surface area contributed by atoms with Crippen molar-refractivity contribution < 1.29 is 9.26 Å². The molecular weight excluding hydrogens is 419 g/mol. The highest BCUT2D eigenvalue weighted by Gasteiger charge is 2.16. The summed E-state index contributed by atoms with van der Waals surface area (Å²) in [4.78, 5) is 6.53. The Hall–Kier alpha value is -0.830. The molecule has 6 nitrogen and oxygen atoms in total. The van der Waals surface area contributed by atoms with Crippen molar-refractivity contribution in [2.75, 3.05) is 33.9 Å². The van der Waals surface area contributed by atoms with Gasteiger partial charge >= 0.3 is 0 Å². The smallest absolute Gasteiger partial charge is 0.193 e. The fraction of sp³-hybridized carbons (Fsp3) is 0.765. The first-order valence-corrected chi connectivity index (χ1v) is 8.55. The molecule has 2 heterocycles. The molecule has 1 N–H and O–H groups in total. The molecule has 0 unspecified atom stereocenters. The molecule has 1 fully saturated rings. The molecule has 1 aromatic heterocycles. The molecule has 0 aliphatic carbocycles. The van der Waals surface area contributed by atoms with Crippen LogP contribution in [0, 0.1) is 5.92 Å². The van der Waals surface area contributed by atoms with Gasteiger partial charge in [0.05, 0.1) is 12.2 Å². The van der Waals surface area contributed by atoms with Crippen LogP contribution in [0.15, 0.2) is 15.6 Å². The molecule has 138 valence electrons. The molecule has 0 radical (unpaired) electrons. The van der Waals surface area contributed by atoms with E-state index in [1.807, 2.05) is 13.1 Å². The normalized spacial score (nSPS) is 16.1. The maximum Gasteiger partial charge on any atom is 0.193 e. The molecule has 0 spiro atoms. The first-order valence-electron chi connectivity index (χ1n) is 8.55. The third-order valence-electron chi connectivity index (χ3n) is 4.38. The number of nitrogens with one attached hydrogen (secondary N) is 1. The molecule has 1 aromatic rings. The lowest BCUT2D eigenvalue weighted by molar-refractivity contribution is 0.0625. The van der Waals surface area contributed by atoms with Crippen LogP contribution in [0.3, 0.4) is 0 Å². The Kier molecular flexibility index (Phi) is 9.65. The first kappa shape index (κ1) is 21.2. The average Bonchev–Trinajstić information content (AvgIpc) is 3.04. The minimum absolute atomic E-state index is 0. The highest BCUT2D eigenvalue weighted by atomic mass is 127. The Morgan fingerprint density at radius 2 is 2.12 bits per heavy atom. The van der Waals surface area contributed by atoms with Crippen molar-refractivity contribution in [1.29, 1.82) is 0 Å². The van der Waals surface area contributed by atoms with Crippen molar-refractivity contribution in [3.05, 3.63) is 17.5 Å². The fourth-order valence-corrected chi connectivity index (χ4v) is 2.75. The molecule has 0 bridgehead atoms. The van der Waals surface area contributed by atoms with Gasteiger partial charge in [0.15, 0.2) is 11.7 Å². The first-order chi connectivity index (χ1) is 11.1. The highest BCUT2D eigenvalue weighted by molar-refractivity contribution is 14.0. The summed E-state index contributed by atoms with van der Waals surface area (Å²) in [5.41, 5.74) is 0.990. The second-order valence-electron chi connectivity index (χ2n) is 6.54. The Bertz CT molecular complexity index is 499. The molecule has 0 amide bonds. The largest absolute Gasteiger partial charge is 0.381 e. The number of aliphatic imine (C=N–C) groups is 1. The summed E-state index contributed by atoms with van der Waals surface area (Å²) >= 11 is 0. The zero-order valence-corrected chi connectivity index (χ0v) is 17.6. The summed E-state index contributed by atoms with van der Waals surface area (Å²) in [6.45, 7) is 7.64. The van der Waals surface area contributed by atoms with E-state index >= 15 is 0 Å². The summed E-state index contributed by atoms with van der Waals surface area (Å²) in [7, 11) is 3.89. The van der Waals surface area contributed by atoms with Crippen molar-refractivity contribution in [3.63, 3.8) is 0 Å². The van der Waals surface area contributed by atoms with Crippen LogP contribution in [-0.2, 0) is 11.3 Å². The Balaban J connectivity index is 0.00000288. The standard InChI is InChI=1S/C17H30N4O2.HI/c1-13(2)16-11-15(23-20-16)12-19-17(18-3)21(4)8-5-14-6-9-22-10-7-14;/h11,13-14H,5-10,12H2,1-4H3,(H,18,19);1H. The van der Waals surface area contributed by atoms with E-state index in [-0.39, 0.29) is 24.0 Å². The highest BCUT2D eigenvalue weighted by Crippen LogP contribution is 2.18. The molecular formula is C17H31IN4O2. The minimum Gasteiger partial charge on any atom is -0.381 e. The third kappa shape index (κ3) is 6.58. The van der Waals surface area contributed by atoms with Gasteiger partial charge in [-0.15, -0.1) is 24.0 Å². The van der Waals surface area contributed by atoms with Crippen molar-refractivity contribution in [2.45, 2.75) is 45.6 Å². The lowest BCUT2D eigenvalue weighted by Gasteiger charge is -2.26. The van der Waals surface area contributed by atoms with E-state index in [0.29, 0.717) is 12.5 Å². The monoisotopic (exact) mass is 450 g/mol. The van der Waals surface area contributed by atoms with Crippen molar-refractivity contribution >= 4 is 29.9 Å². The summed E-state index contributed by atoms with van der Waals surface area (Å²) in [6, 6.07) is 2.01.